The van der Waals surface area contributed by atoms with E-state index >= 15 is 0 Å². The first-order valence-corrected chi connectivity index (χ1v) is 6.47. The van der Waals surface area contributed by atoms with Crippen LogP contribution in [-0.2, 0) is 0 Å². The molecular formula is C16H15N3O. The van der Waals surface area contributed by atoms with Crippen molar-refractivity contribution in [2.75, 3.05) is 5.32 Å². The quantitative estimate of drug-likeness (QED) is 0.773. The molecule has 2 aromatic heterocycles. The van der Waals surface area contributed by atoms with Crippen LogP contribution >= 0.6 is 0 Å². The zero-order chi connectivity index (χ0) is 14.1. The van der Waals surface area contributed by atoms with Crippen LogP contribution in [0.5, 0.6) is 0 Å². The van der Waals surface area contributed by atoms with Gasteiger partial charge in [-0.3, -0.25) is 4.79 Å². The number of fused-ring (bicyclic) bond motifs is 1. The number of rotatable bonds is 2. The Morgan fingerprint density at radius 2 is 1.85 bits per heavy atom. The third kappa shape index (κ3) is 2.16. The Kier molecular flexibility index (Phi) is 2.99. The summed E-state index contributed by atoms with van der Waals surface area (Å²) in [6, 6.07) is 13.3. The first-order chi connectivity index (χ1) is 9.65. The third-order valence-corrected chi connectivity index (χ3v) is 3.41. The molecule has 3 rings (SSSR count). The molecule has 0 bridgehead atoms. The van der Waals surface area contributed by atoms with Crippen LogP contribution in [0, 0.1) is 13.8 Å². The number of aromatic nitrogens is 2. The van der Waals surface area contributed by atoms with E-state index in [1.807, 2.05) is 60.7 Å². The molecule has 0 aliphatic carbocycles. The van der Waals surface area contributed by atoms with Gasteiger partial charge in [0.2, 0.25) is 0 Å². The lowest BCUT2D eigenvalue weighted by atomic mass is 10.2. The lowest BCUT2D eigenvalue weighted by Crippen LogP contribution is -2.12. The predicted molar refractivity (Wildman–Crippen MR) is 79.1 cm³/mol. The van der Waals surface area contributed by atoms with Gasteiger partial charge < -0.3 is 9.72 Å². The minimum atomic E-state index is -0.197. The molecule has 100 valence electrons. The molecule has 2 heterocycles. The van der Waals surface area contributed by atoms with Crippen LogP contribution in [0.4, 0.5) is 5.69 Å². The van der Waals surface area contributed by atoms with E-state index in [9.17, 15) is 4.79 Å². The van der Waals surface area contributed by atoms with E-state index in [1.54, 1.807) is 6.20 Å². The molecule has 0 radical (unpaired) electrons. The smallest absolute Gasteiger partial charge is 0.275 e. The number of carbonyl (C=O) groups is 1. The molecule has 1 aromatic carbocycles. The lowest BCUT2D eigenvalue weighted by Gasteiger charge is -2.02. The molecule has 0 saturated heterocycles. The van der Waals surface area contributed by atoms with Crippen molar-refractivity contribution in [3.63, 3.8) is 0 Å². The summed E-state index contributed by atoms with van der Waals surface area (Å²) in [7, 11) is 0. The van der Waals surface area contributed by atoms with E-state index in [1.165, 1.54) is 5.56 Å². The maximum absolute atomic E-state index is 12.2. The zero-order valence-electron chi connectivity index (χ0n) is 11.4. The van der Waals surface area contributed by atoms with Gasteiger partial charge in [0.1, 0.15) is 11.3 Å². The summed E-state index contributed by atoms with van der Waals surface area (Å²) in [5.41, 5.74) is 4.23. The van der Waals surface area contributed by atoms with E-state index in [4.69, 9.17) is 0 Å². The summed E-state index contributed by atoms with van der Waals surface area (Å²) in [6.07, 6.45) is 1.77. The van der Waals surface area contributed by atoms with Crippen molar-refractivity contribution in [2.45, 2.75) is 13.8 Å². The standard InChI is InChI=1S/C16H15N3O/c1-11-8-9-15-18-14(10-19(15)12(11)2)16(20)17-13-6-4-3-5-7-13/h3-10H,1-2H3,(H,17,20). The molecule has 0 unspecified atom stereocenters. The predicted octanol–water partition coefficient (Wildman–Crippen LogP) is 3.20. The first kappa shape index (κ1) is 12.4. The van der Waals surface area contributed by atoms with E-state index in [2.05, 4.69) is 10.3 Å². The van der Waals surface area contributed by atoms with Gasteiger partial charge in [0.15, 0.2) is 0 Å². The highest BCUT2D eigenvalue weighted by molar-refractivity contribution is 6.03. The van der Waals surface area contributed by atoms with Crippen LogP contribution in [-0.4, -0.2) is 15.3 Å². The Morgan fingerprint density at radius 3 is 2.60 bits per heavy atom. The number of nitrogens with zero attached hydrogens (tertiary/aromatic N) is 2. The second-order valence-electron chi connectivity index (χ2n) is 4.78. The highest BCUT2D eigenvalue weighted by Crippen LogP contribution is 2.14. The SMILES string of the molecule is Cc1ccc2nc(C(=O)Nc3ccccc3)cn2c1C. The molecule has 4 nitrogen and oxygen atoms in total. The summed E-state index contributed by atoms with van der Waals surface area (Å²) < 4.78 is 1.94. The fourth-order valence-electron chi connectivity index (χ4n) is 2.12. The fraction of sp³-hybridized carbons (Fsp3) is 0.125. The van der Waals surface area contributed by atoms with Gasteiger partial charge in [0.05, 0.1) is 0 Å². The molecule has 0 aliphatic heterocycles. The summed E-state index contributed by atoms with van der Waals surface area (Å²) in [4.78, 5) is 16.6. The van der Waals surface area contributed by atoms with Crippen LogP contribution in [0.3, 0.4) is 0 Å². The number of imidazole rings is 1. The minimum absolute atomic E-state index is 0.197. The van der Waals surface area contributed by atoms with Crippen molar-refractivity contribution >= 4 is 17.2 Å². The monoisotopic (exact) mass is 265 g/mol. The number of aryl methyl sites for hydroxylation is 2. The van der Waals surface area contributed by atoms with E-state index in [0.29, 0.717) is 5.69 Å². The average Bonchev–Trinajstić information content (AvgIpc) is 2.89. The molecule has 0 saturated carbocycles. The van der Waals surface area contributed by atoms with Gasteiger partial charge >= 0.3 is 0 Å². The highest BCUT2D eigenvalue weighted by atomic mass is 16.1. The van der Waals surface area contributed by atoms with Crippen LogP contribution in [0.2, 0.25) is 0 Å². The normalized spacial score (nSPS) is 10.7. The average molecular weight is 265 g/mol. The second-order valence-corrected chi connectivity index (χ2v) is 4.78. The molecule has 0 fully saturated rings. The van der Waals surface area contributed by atoms with Gasteiger partial charge in [0.25, 0.3) is 5.91 Å². The maximum Gasteiger partial charge on any atom is 0.275 e. The van der Waals surface area contributed by atoms with Crippen molar-refractivity contribution in [3.8, 4) is 0 Å². The first-order valence-electron chi connectivity index (χ1n) is 6.47. The molecule has 1 amide bonds. The number of nitrogens with one attached hydrogen (secondary N) is 1. The Balaban J connectivity index is 1.94. The lowest BCUT2D eigenvalue weighted by molar-refractivity contribution is 0.102. The van der Waals surface area contributed by atoms with Crippen LogP contribution < -0.4 is 5.32 Å². The van der Waals surface area contributed by atoms with Crippen LogP contribution in [0.1, 0.15) is 21.7 Å². The van der Waals surface area contributed by atoms with Crippen molar-refractivity contribution < 1.29 is 4.79 Å². The molecular weight excluding hydrogens is 250 g/mol. The number of para-hydroxylation sites is 1. The Labute approximate surface area is 117 Å². The molecule has 0 atom stereocenters. The number of hydrogen-bond donors (Lipinski definition) is 1. The molecule has 0 spiro atoms. The number of hydrogen-bond acceptors (Lipinski definition) is 2. The fourth-order valence-corrected chi connectivity index (χ4v) is 2.12. The summed E-state index contributed by atoms with van der Waals surface area (Å²) >= 11 is 0. The Morgan fingerprint density at radius 1 is 1.10 bits per heavy atom. The minimum Gasteiger partial charge on any atom is -0.321 e. The van der Waals surface area contributed by atoms with Gasteiger partial charge in [-0.1, -0.05) is 24.3 Å². The number of anilines is 1. The number of carbonyl (C=O) groups excluding carboxylic acids is 1. The topological polar surface area (TPSA) is 46.4 Å². The third-order valence-electron chi connectivity index (χ3n) is 3.41. The maximum atomic E-state index is 12.2. The van der Waals surface area contributed by atoms with Gasteiger partial charge in [0, 0.05) is 17.6 Å². The number of amides is 1. The van der Waals surface area contributed by atoms with Gasteiger partial charge in [-0.2, -0.15) is 0 Å². The van der Waals surface area contributed by atoms with E-state index < -0.39 is 0 Å². The van der Waals surface area contributed by atoms with E-state index in [-0.39, 0.29) is 5.91 Å². The van der Waals surface area contributed by atoms with Crippen molar-refractivity contribution in [3.05, 3.63) is 65.6 Å². The van der Waals surface area contributed by atoms with Crippen molar-refractivity contribution in [1.82, 2.24) is 9.38 Å². The van der Waals surface area contributed by atoms with E-state index in [0.717, 1.165) is 17.0 Å². The Bertz CT molecular complexity index is 775. The van der Waals surface area contributed by atoms with Crippen LogP contribution in [0.25, 0.3) is 5.65 Å². The molecule has 3 aromatic rings. The van der Waals surface area contributed by atoms with Crippen molar-refractivity contribution in [2.24, 2.45) is 0 Å². The summed E-state index contributed by atoms with van der Waals surface area (Å²) in [6.45, 7) is 4.06. The molecule has 4 heteroatoms. The van der Waals surface area contributed by atoms with Gasteiger partial charge in [-0.25, -0.2) is 4.98 Å². The zero-order valence-corrected chi connectivity index (χ0v) is 11.4. The van der Waals surface area contributed by atoms with Crippen LogP contribution in [0.15, 0.2) is 48.7 Å². The number of benzene rings is 1. The second kappa shape index (κ2) is 4.81. The molecule has 0 aliphatic rings. The Hall–Kier alpha value is -2.62. The van der Waals surface area contributed by atoms with Gasteiger partial charge in [-0.05, 0) is 37.6 Å². The summed E-state index contributed by atoms with van der Waals surface area (Å²) in [5, 5.41) is 2.84. The van der Waals surface area contributed by atoms with Crippen molar-refractivity contribution in [1.29, 1.82) is 0 Å². The molecule has 20 heavy (non-hydrogen) atoms. The number of pyridine rings is 1. The highest BCUT2D eigenvalue weighted by Gasteiger charge is 2.12. The molecule has 1 N–H and O–H groups in total. The summed E-state index contributed by atoms with van der Waals surface area (Å²) in [5.74, 6) is -0.197. The largest absolute Gasteiger partial charge is 0.321 e. The van der Waals surface area contributed by atoms with Gasteiger partial charge in [-0.15, -0.1) is 0 Å².